The van der Waals surface area contributed by atoms with Crippen molar-refractivity contribution in [2.24, 2.45) is 0 Å². The van der Waals surface area contributed by atoms with Crippen molar-refractivity contribution in [3.05, 3.63) is 35.9 Å². The average molecular weight is 292 g/mol. The molecule has 0 bridgehead atoms. The van der Waals surface area contributed by atoms with Gasteiger partial charge in [-0.2, -0.15) is 0 Å². The lowest BCUT2D eigenvalue weighted by atomic mass is 9.99. The third kappa shape index (κ3) is 4.19. The van der Waals surface area contributed by atoms with Gasteiger partial charge in [-0.25, -0.2) is 4.79 Å². The summed E-state index contributed by atoms with van der Waals surface area (Å²) in [6.45, 7) is 3.54. The van der Waals surface area contributed by atoms with Crippen LogP contribution in [0.4, 0.5) is 4.79 Å². The number of carboxylic acid groups (broad SMARTS) is 1. The number of rotatable bonds is 4. The van der Waals surface area contributed by atoms with Gasteiger partial charge in [0.05, 0.1) is 18.6 Å². The number of hydrogen-bond donors (Lipinski definition) is 2. The summed E-state index contributed by atoms with van der Waals surface area (Å²) < 4.78 is 5.38. The van der Waals surface area contributed by atoms with E-state index in [1.807, 2.05) is 13.0 Å². The number of carbonyl (C=O) groups is 2. The average Bonchev–Trinajstić information content (AvgIpc) is 2.48. The van der Waals surface area contributed by atoms with Crippen molar-refractivity contribution in [2.75, 3.05) is 26.2 Å². The van der Waals surface area contributed by atoms with Crippen molar-refractivity contribution in [3.63, 3.8) is 0 Å². The summed E-state index contributed by atoms with van der Waals surface area (Å²) in [5.41, 5.74) is 0.681. The molecule has 6 nitrogen and oxygen atoms in total. The predicted molar refractivity (Wildman–Crippen MR) is 77.2 cm³/mol. The van der Waals surface area contributed by atoms with Crippen LogP contribution in [-0.2, 0) is 9.53 Å². The number of aliphatic carboxylic acids is 1. The fourth-order valence-corrected chi connectivity index (χ4v) is 2.34. The number of nitrogens with zero attached hydrogens (tertiary/aromatic N) is 1. The van der Waals surface area contributed by atoms with Crippen molar-refractivity contribution in [1.29, 1.82) is 0 Å². The van der Waals surface area contributed by atoms with Crippen LogP contribution in [-0.4, -0.2) is 54.4 Å². The van der Waals surface area contributed by atoms with E-state index in [0.29, 0.717) is 25.3 Å². The lowest BCUT2D eigenvalue weighted by molar-refractivity contribution is -0.138. The second-order valence-electron chi connectivity index (χ2n) is 5.11. The van der Waals surface area contributed by atoms with Crippen LogP contribution in [0.25, 0.3) is 0 Å². The second kappa shape index (κ2) is 7.08. The third-order valence-electron chi connectivity index (χ3n) is 3.49. The van der Waals surface area contributed by atoms with Crippen LogP contribution < -0.4 is 5.32 Å². The molecule has 0 aliphatic carbocycles. The van der Waals surface area contributed by atoms with Crippen LogP contribution in [0.3, 0.4) is 0 Å². The molecule has 1 aliphatic heterocycles. The van der Waals surface area contributed by atoms with E-state index in [2.05, 4.69) is 5.32 Å². The Morgan fingerprint density at radius 1 is 1.43 bits per heavy atom. The van der Waals surface area contributed by atoms with E-state index >= 15 is 0 Å². The van der Waals surface area contributed by atoms with E-state index in [-0.39, 0.29) is 18.7 Å². The van der Waals surface area contributed by atoms with Gasteiger partial charge in [-0.3, -0.25) is 4.79 Å². The fraction of sp³-hybridized carbons (Fsp3) is 0.467. The Hall–Kier alpha value is -2.08. The molecular weight excluding hydrogens is 272 g/mol. The SMILES string of the molecule is CC1CN(C(=O)NCC(C(=O)O)c2ccccc2)CCO1. The molecule has 1 fully saturated rings. The van der Waals surface area contributed by atoms with Gasteiger partial charge >= 0.3 is 12.0 Å². The molecule has 0 radical (unpaired) electrons. The molecule has 6 heteroatoms. The van der Waals surface area contributed by atoms with Crippen molar-refractivity contribution >= 4 is 12.0 Å². The minimum atomic E-state index is -0.947. The third-order valence-corrected chi connectivity index (χ3v) is 3.49. The molecule has 0 aromatic heterocycles. The maximum absolute atomic E-state index is 12.1. The zero-order chi connectivity index (χ0) is 15.2. The smallest absolute Gasteiger partial charge is 0.317 e. The first kappa shape index (κ1) is 15.3. The highest BCUT2D eigenvalue weighted by molar-refractivity contribution is 5.79. The molecule has 2 N–H and O–H groups in total. The Bertz CT molecular complexity index is 492. The summed E-state index contributed by atoms with van der Waals surface area (Å²) in [5.74, 6) is -1.69. The van der Waals surface area contributed by atoms with Gasteiger partial charge in [0.25, 0.3) is 0 Å². The number of morpholine rings is 1. The van der Waals surface area contributed by atoms with E-state index in [1.54, 1.807) is 29.2 Å². The van der Waals surface area contributed by atoms with Crippen molar-refractivity contribution < 1.29 is 19.4 Å². The largest absolute Gasteiger partial charge is 0.481 e. The number of urea groups is 1. The van der Waals surface area contributed by atoms with Gasteiger partial charge < -0.3 is 20.1 Å². The Morgan fingerprint density at radius 3 is 2.76 bits per heavy atom. The van der Waals surface area contributed by atoms with E-state index in [1.165, 1.54) is 0 Å². The minimum absolute atomic E-state index is 0.00824. The molecule has 1 aliphatic rings. The lowest BCUT2D eigenvalue weighted by Crippen LogP contribution is -2.49. The van der Waals surface area contributed by atoms with Crippen LogP contribution in [0, 0.1) is 0 Å². The highest BCUT2D eigenvalue weighted by Gasteiger charge is 2.24. The molecule has 2 unspecified atom stereocenters. The molecule has 1 saturated heterocycles. The molecule has 1 aromatic rings. The molecule has 21 heavy (non-hydrogen) atoms. The summed E-state index contributed by atoms with van der Waals surface area (Å²) in [6.07, 6.45) is 0.00824. The van der Waals surface area contributed by atoms with Gasteiger partial charge in [0.15, 0.2) is 0 Å². The zero-order valence-electron chi connectivity index (χ0n) is 12.0. The molecule has 114 valence electrons. The predicted octanol–water partition coefficient (Wildman–Crippen LogP) is 1.29. The van der Waals surface area contributed by atoms with E-state index < -0.39 is 11.9 Å². The first-order valence-electron chi connectivity index (χ1n) is 7.00. The lowest BCUT2D eigenvalue weighted by Gasteiger charge is -2.31. The molecule has 2 atom stereocenters. The first-order valence-corrected chi connectivity index (χ1v) is 7.00. The van der Waals surface area contributed by atoms with Crippen LogP contribution in [0.15, 0.2) is 30.3 Å². The van der Waals surface area contributed by atoms with E-state index in [4.69, 9.17) is 4.74 Å². The van der Waals surface area contributed by atoms with E-state index in [9.17, 15) is 14.7 Å². The quantitative estimate of drug-likeness (QED) is 0.876. The summed E-state index contributed by atoms with van der Waals surface area (Å²) in [7, 11) is 0. The van der Waals surface area contributed by atoms with Gasteiger partial charge in [-0.1, -0.05) is 30.3 Å². The fourth-order valence-electron chi connectivity index (χ4n) is 2.34. The van der Waals surface area contributed by atoms with Crippen molar-refractivity contribution in [2.45, 2.75) is 18.9 Å². The van der Waals surface area contributed by atoms with Gasteiger partial charge in [0, 0.05) is 19.6 Å². The maximum Gasteiger partial charge on any atom is 0.317 e. The Balaban J connectivity index is 1.93. The Labute approximate surface area is 123 Å². The van der Waals surface area contributed by atoms with Crippen LogP contribution in [0.2, 0.25) is 0 Å². The summed E-state index contributed by atoms with van der Waals surface area (Å²) in [6, 6.07) is 8.67. The van der Waals surface area contributed by atoms with Crippen molar-refractivity contribution in [1.82, 2.24) is 10.2 Å². The van der Waals surface area contributed by atoms with Crippen LogP contribution in [0.5, 0.6) is 0 Å². The number of carboxylic acids is 1. The van der Waals surface area contributed by atoms with Crippen LogP contribution >= 0.6 is 0 Å². The molecular formula is C15H20N2O4. The number of ether oxygens (including phenoxy) is 1. The highest BCUT2D eigenvalue weighted by Crippen LogP contribution is 2.15. The van der Waals surface area contributed by atoms with Gasteiger partial charge in [-0.15, -0.1) is 0 Å². The maximum atomic E-state index is 12.1. The van der Waals surface area contributed by atoms with E-state index in [0.717, 1.165) is 0 Å². The summed E-state index contributed by atoms with van der Waals surface area (Å²) in [4.78, 5) is 25.1. The number of carbonyl (C=O) groups excluding carboxylic acids is 1. The van der Waals surface area contributed by atoms with Crippen LogP contribution in [0.1, 0.15) is 18.4 Å². The number of amides is 2. The second-order valence-corrected chi connectivity index (χ2v) is 5.11. The minimum Gasteiger partial charge on any atom is -0.481 e. The Morgan fingerprint density at radius 2 is 2.14 bits per heavy atom. The number of benzene rings is 1. The molecule has 1 heterocycles. The first-order chi connectivity index (χ1) is 10.1. The number of nitrogens with one attached hydrogen (secondary N) is 1. The highest BCUT2D eigenvalue weighted by atomic mass is 16.5. The summed E-state index contributed by atoms with van der Waals surface area (Å²) >= 11 is 0. The number of hydrogen-bond acceptors (Lipinski definition) is 3. The van der Waals surface area contributed by atoms with Gasteiger partial charge in [-0.05, 0) is 12.5 Å². The summed E-state index contributed by atoms with van der Waals surface area (Å²) in [5, 5.41) is 12.0. The standard InChI is InChI=1S/C15H20N2O4/c1-11-10-17(7-8-21-11)15(20)16-9-13(14(18)19)12-5-3-2-4-6-12/h2-6,11,13H,7-10H2,1H3,(H,16,20)(H,18,19). The van der Waals surface area contributed by atoms with Gasteiger partial charge in [0.2, 0.25) is 0 Å². The normalized spacial score (nSPS) is 19.9. The van der Waals surface area contributed by atoms with Crippen molar-refractivity contribution in [3.8, 4) is 0 Å². The van der Waals surface area contributed by atoms with Gasteiger partial charge in [0.1, 0.15) is 0 Å². The molecule has 0 spiro atoms. The zero-order valence-corrected chi connectivity index (χ0v) is 12.0. The topological polar surface area (TPSA) is 78.9 Å². The molecule has 2 rings (SSSR count). The molecule has 1 aromatic carbocycles. The molecule has 2 amide bonds. The molecule has 0 saturated carbocycles. The monoisotopic (exact) mass is 292 g/mol. The Kier molecular flexibility index (Phi) is 5.16.